The molecule has 0 fully saturated rings. The maximum atomic E-state index is 13.1. The van der Waals surface area contributed by atoms with Crippen molar-refractivity contribution in [2.75, 3.05) is 12.7 Å². The van der Waals surface area contributed by atoms with E-state index in [9.17, 15) is 4.79 Å². The van der Waals surface area contributed by atoms with Crippen LogP contribution in [-0.2, 0) is 4.79 Å². The first-order chi connectivity index (χ1) is 13.6. The van der Waals surface area contributed by atoms with Crippen LogP contribution in [0.15, 0.2) is 91.0 Å². The van der Waals surface area contributed by atoms with Crippen LogP contribution in [0, 0.1) is 0 Å². The molecule has 0 aliphatic rings. The van der Waals surface area contributed by atoms with E-state index < -0.39 is 5.96 Å². The summed E-state index contributed by atoms with van der Waals surface area (Å²) in [6.45, 7) is 2.79. The van der Waals surface area contributed by atoms with E-state index in [0.717, 1.165) is 28.8 Å². The van der Waals surface area contributed by atoms with Crippen LogP contribution in [0.3, 0.4) is 0 Å². The fourth-order valence-corrected chi connectivity index (χ4v) is 9.48. The van der Waals surface area contributed by atoms with Crippen molar-refractivity contribution in [3.05, 3.63) is 91.0 Å². The Morgan fingerprint density at radius 3 is 1.54 bits per heavy atom. The summed E-state index contributed by atoms with van der Waals surface area (Å²) in [5.41, 5.74) is 0. The zero-order valence-electron chi connectivity index (χ0n) is 16.2. The summed E-state index contributed by atoms with van der Waals surface area (Å²) in [5, 5.41) is 6.12. The molecule has 3 rings (SSSR count). The molecule has 0 aromatic heterocycles. The molecular weight excluding hydrogens is 385 g/mol. The Balaban J connectivity index is 2.23. The van der Waals surface area contributed by atoms with Gasteiger partial charge in [-0.15, -0.1) is 0 Å². The normalized spacial score (nSPS) is 12.7. The molecule has 0 aliphatic carbocycles. The van der Waals surface area contributed by atoms with Gasteiger partial charge < -0.3 is 0 Å². The van der Waals surface area contributed by atoms with Crippen molar-refractivity contribution in [2.24, 2.45) is 0 Å². The number of hydrogen-bond donors (Lipinski definition) is 1. The Morgan fingerprint density at radius 2 is 1.18 bits per heavy atom. The van der Waals surface area contributed by atoms with Gasteiger partial charge >= 0.3 is 173 Å². The van der Waals surface area contributed by atoms with Crippen molar-refractivity contribution in [1.29, 1.82) is 0 Å². The molecule has 146 valence electrons. The summed E-state index contributed by atoms with van der Waals surface area (Å²) < 4.78 is 0. The second kappa shape index (κ2) is 8.90. The van der Waals surface area contributed by atoms with Crippen LogP contribution in [0.1, 0.15) is 19.8 Å². The van der Waals surface area contributed by atoms with Crippen molar-refractivity contribution in [3.63, 3.8) is 0 Å². The number of unbranched alkanes of at least 4 members (excludes halogenated alkanes) is 1. The number of halogens is 1. The van der Waals surface area contributed by atoms with E-state index >= 15 is 0 Å². The molecule has 3 aromatic rings. The van der Waals surface area contributed by atoms with E-state index in [0.29, 0.717) is 6.54 Å². The first-order valence-corrected chi connectivity index (χ1v) is 13.1. The average Bonchev–Trinajstić information content (AvgIpc) is 2.76. The Hall–Kier alpha value is -2.15. The van der Waals surface area contributed by atoms with E-state index in [1.54, 1.807) is 0 Å². The molecule has 0 radical (unpaired) electrons. The zero-order valence-corrected chi connectivity index (χ0v) is 17.9. The van der Waals surface area contributed by atoms with Crippen molar-refractivity contribution >= 4 is 39.0 Å². The summed E-state index contributed by atoms with van der Waals surface area (Å²) >= 11 is 7.85. The molecule has 0 spiro atoms. The monoisotopic (exact) mass is 411 g/mol. The molecule has 0 bridgehead atoms. The summed E-state index contributed by atoms with van der Waals surface area (Å²) in [5.74, 6) is -3.50. The Labute approximate surface area is 172 Å². The van der Waals surface area contributed by atoms with Crippen molar-refractivity contribution in [1.82, 2.24) is 5.32 Å². The minimum absolute atomic E-state index is 0.00215. The van der Waals surface area contributed by atoms with E-state index in [2.05, 4.69) is 48.6 Å². The summed E-state index contributed by atoms with van der Waals surface area (Å²) in [7, 11) is 0. The van der Waals surface area contributed by atoms with Crippen molar-refractivity contribution < 1.29 is 4.79 Å². The SMILES string of the molecule is CCCCNC(=O)CP(Cl)(c1ccccc1)(c1ccccc1)c1ccccc1. The standard InChI is InChI=1S/C24H27ClNOP/c1-2-3-19-26-24(27)20-28(25,21-13-7-4-8-14-21,22-15-9-5-10-16-22)23-17-11-6-12-18-23/h4-18H,2-3,19-20H2,1H3,(H,26,27). The predicted molar refractivity (Wildman–Crippen MR) is 124 cm³/mol. The fourth-order valence-electron chi connectivity index (χ4n) is 3.67. The van der Waals surface area contributed by atoms with Crippen molar-refractivity contribution in [2.45, 2.75) is 19.8 Å². The van der Waals surface area contributed by atoms with E-state index in [4.69, 9.17) is 11.2 Å². The van der Waals surface area contributed by atoms with E-state index in [1.165, 1.54) is 0 Å². The number of hydrogen-bond acceptors (Lipinski definition) is 1. The summed E-state index contributed by atoms with van der Waals surface area (Å²) in [6.07, 6.45) is 2.25. The van der Waals surface area contributed by atoms with Crippen LogP contribution in [-0.4, -0.2) is 18.6 Å². The van der Waals surface area contributed by atoms with Gasteiger partial charge in [-0.1, -0.05) is 0 Å². The Bertz CT molecular complexity index is 800. The van der Waals surface area contributed by atoms with Crippen LogP contribution in [0.5, 0.6) is 0 Å². The van der Waals surface area contributed by atoms with Gasteiger partial charge in [0, 0.05) is 0 Å². The number of carbonyl (C=O) groups is 1. The third-order valence-corrected chi connectivity index (χ3v) is 12.3. The fraction of sp³-hybridized carbons (Fsp3) is 0.208. The number of carbonyl (C=O) groups excluding carboxylic acids is 1. The summed E-state index contributed by atoms with van der Waals surface area (Å²) in [6, 6.07) is 30.3. The Morgan fingerprint density at radius 1 is 0.786 bits per heavy atom. The molecule has 4 heteroatoms. The number of amides is 1. The molecule has 1 amide bonds. The second-order valence-corrected chi connectivity index (χ2v) is 13.5. The molecule has 0 saturated heterocycles. The zero-order chi connectivity index (χ0) is 19.9. The first-order valence-electron chi connectivity index (χ1n) is 9.76. The van der Waals surface area contributed by atoms with E-state index in [1.807, 2.05) is 54.6 Å². The van der Waals surface area contributed by atoms with Gasteiger partial charge in [-0.05, 0) is 0 Å². The number of rotatable bonds is 8. The van der Waals surface area contributed by atoms with Gasteiger partial charge in [0.05, 0.1) is 0 Å². The maximum absolute atomic E-state index is 13.1. The van der Waals surface area contributed by atoms with Gasteiger partial charge in [0.2, 0.25) is 0 Å². The molecule has 1 N–H and O–H groups in total. The quantitative estimate of drug-likeness (QED) is 0.426. The second-order valence-electron chi connectivity index (χ2n) is 7.05. The van der Waals surface area contributed by atoms with Gasteiger partial charge in [-0.25, -0.2) is 0 Å². The Kier molecular flexibility index (Phi) is 6.54. The van der Waals surface area contributed by atoms with Gasteiger partial charge in [0.25, 0.3) is 0 Å². The van der Waals surface area contributed by atoms with Gasteiger partial charge in [-0.2, -0.15) is 0 Å². The number of nitrogens with one attached hydrogen (secondary N) is 1. The average molecular weight is 412 g/mol. The third-order valence-electron chi connectivity index (χ3n) is 5.18. The molecule has 28 heavy (non-hydrogen) atoms. The molecular formula is C24H27ClNOP. The van der Waals surface area contributed by atoms with Crippen LogP contribution < -0.4 is 21.2 Å². The molecule has 0 atom stereocenters. The van der Waals surface area contributed by atoms with Crippen LogP contribution >= 0.6 is 17.2 Å². The predicted octanol–water partition coefficient (Wildman–Crippen LogP) is 4.59. The third kappa shape index (κ3) is 3.85. The molecule has 2 nitrogen and oxygen atoms in total. The molecule has 0 aliphatic heterocycles. The molecule has 0 heterocycles. The van der Waals surface area contributed by atoms with Gasteiger partial charge in [0.15, 0.2) is 0 Å². The van der Waals surface area contributed by atoms with Crippen LogP contribution in [0.4, 0.5) is 0 Å². The van der Waals surface area contributed by atoms with Gasteiger partial charge in [-0.3, -0.25) is 0 Å². The van der Waals surface area contributed by atoms with Crippen molar-refractivity contribution in [3.8, 4) is 0 Å². The van der Waals surface area contributed by atoms with Crippen LogP contribution in [0.25, 0.3) is 0 Å². The topological polar surface area (TPSA) is 29.1 Å². The number of benzene rings is 3. The minimum atomic E-state index is -3.50. The molecule has 0 saturated carbocycles. The van der Waals surface area contributed by atoms with Crippen LogP contribution in [0.2, 0.25) is 0 Å². The summed E-state index contributed by atoms with van der Waals surface area (Å²) in [4.78, 5) is 13.1. The first kappa shape index (κ1) is 20.6. The molecule has 3 aromatic carbocycles. The van der Waals surface area contributed by atoms with Gasteiger partial charge in [0.1, 0.15) is 0 Å². The van der Waals surface area contributed by atoms with E-state index in [-0.39, 0.29) is 12.1 Å². The molecule has 0 unspecified atom stereocenters.